The number of hydrogen-bond acceptors (Lipinski definition) is 1. The summed E-state index contributed by atoms with van der Waals surface area (Å²) in [6, 6.07) is 2.92. The normalized spacial score (nSPS) is 12.0. The van der Waals surface area contributed by atoms with Gasteiger partial charge in [0, 0.05) is 11.9 Å². The molecule has 2 nitrogen and oxygen atoms in total. The van der Waals surface area contributed by atoms with Crippen molar-refractivity contribution in [3.8, 4) is 0 Å². The lowest BCUT2D eigenvalue weighted by molar-refractivity contribution is -0.141. The Balaban J connectivity index is 2.75. The lowest BCUT2D eigenvalue weighted by Gasteiger charge is -2.09. The SMILES string of the molecule is OCc1cccn1CC(F)(F)F. The van der Waals surface area contributed by atoms with Crippen LogP contribution in [-0.4, -0.2) is 15.8 Å². The van der Waals surface area contributed by atoms with E-state index in [4.69, 9.17) is 5.11 Å². The van der Waals surface area contributed by atoms with Crippen molar-refractivity contribution in [2.24, 2.45) is 0 Å². The molecule has 0 aliphatic heterocycles. The van der Waals surface area contributed by atoms with Crippen LogP contribution in [0.3, 0.4) is 0 Å². The van der Waals surface area contributed by atoms with Crippen LogP contribution in [0.2, 0.25) is 0 Å². The lowest BCUT2D eigenvalue weighted by atomic mass is 10.4. The van der Waals surface area contributed by atoms with Gasteiger partial charge in [-0.3, -0.25) is 0 Å². The fourth-order valence-electron chi connectivity index (χ4n) is 0.940. The maximum absolute atomic E-state index is 11.8. The van der Waals surface area contributed by atoms with Crippen LogP contribution in [0.25, 0.3) is 0 Å². The van der Waals surface area contributed by atoms with Gasteiger partial charge in [0.05, 0.1) is 6.61 Å². The predicted molar refractivity (Wildman–Crippen MR) is 36.4 cm³/mol. The molecule has 0 aliphatic carbocycles. The summed E-state index contributed by atoms with van der Waals surface area (Å²) in [5.41, 5.74) is 0.271. The average molecular weight is 179 g/mol. The summed E-state index contributed by atoms with van der Waals surface area (Å²) in [5.74, 6) is 0. The zero-order valence-electron chi connectivity index (χ0n) is 6.17. The fraction of sp³-hybridized carbons (Fsp3) is 0.429. The zero-order chi connectivity index (χ0) is 9.19. The van der Waals surface area contributed by atoms with Crippen LogP contribution < -0.4 is 0 Å². The van der Waals surface area contributed by atoms with E-state index in [2.05, 4.69) is 0 Å². The van der Waals surface area contributed by atoms with E-state index in [-0.39, 0.29) is 12.3 Å². The van der Waals surface area contributed by atoms with Gasteiger partial charge in [-0.05, 0) is 12.1 Å². The molecular formula is C7H8F3NO. The van der Waals surface area contributed by atoms with Gasteiger partial charge in [0.25, 0.3) is 0 Å². The second-order valence-corrected chi connectivity index (χ2v) is 2.40. The summed E-state index contributed by atoms with van der Waals surface area (Å²) in [6.45, 7) is -1.42. The molecule has 1 N–H and O–H groups in total. The van der Waals surface area contributed by atoms with Gasteiger partial charge in [-0.15, -0.1) is 0 Å². The first-order chi connectivity index (χ1) is 5.53. The molecule has 0 amide bonds. The second kappa shape index (κ2) is 3.18. The van der Waals surface area contributed by atoms with Gasteiger partial charge in [0.15, 0.2) is 0 Å². The molecule has 12 heavy (non-hydrogen) atoms. The van der Waals surface area contributed by atoms with Crippen molar-refractivity contribution >= 4 is 0 Å². The summed E-state index contributed by atoms with van der Waals surface area (Å²) in [7, 11) is 0. The molecule has 0 atom stereocenters. The van der Waals surface area contributed by atoms with Crippen LogP contribution in [0.15, 0.2) is 18.3 Å². The van der Waals surface area contributed by atoms with E-state index in [1.54, 1.807) is 0 Å². The number of aromatic nitrogens is 1. The molecule has 0 fully saturated rings. The Bertz CT molecular complexity index is 253. The minimum atomic E-state index is -4.23. The number of alkyl halides is 3. The molecule has 1 aromatic rings. The topological polar surface area (TPSA) is 25.2 Å². The predicted octanol–water partition coefficient (Wildman–Crippen LogP) is 1.54. The van der Waals surface area contributed by atoms with Crippen LogP contribution in [0.1, 0.15) is 5.69 Å². The minimum Gasteiger partial charge on any atom is -0.390 e. The van der Waals surface area contributed by atoms with Crippen molar-refractivity contribution in [2.45, 2.75) is 19.3 Å². The van der Waals surface area contributed by atoms with E-state index < -0.39 is 12.7 Å². The van der Waals surface area contributed by atoms with E-state index in [1.165, 1.54) is 18.3 Å². The highest BCUT2D eigenvalue weighted by atomic mass is 19.4. The van der Waals surface area contributed by atoms with Crippen LogP contribution in [0, 0.1) is 0 Å². The standard InChI is InChI=1S/C7H8F3NO/c8-7(9,10)5-11-3-1-2-6(11)4-12/h1-3,12H,4-5H2. The van der Waals surface area contributed by atoms with Crippen LogP contribution >= 0.6 is 0 Å². The third kappa shape index (κ3) is 2.27. The second-order valence-electron chi connectivity index (χ2n) is 2.40. The van der Waals surface area contributed by atoms with Crippen LogP contribution in [-0.2, 0) is 13.2 Å². The smallest absolute Gasteiger partial charge is 0.390 e. The average Bonchev–Trinajstić information content (AvgIpc) is 2.31. The highest BCUT2D eigenvalue weighted by molar-refractivity contribution is 5.05. The van der Waals surface area contributed by atoms with E-state index in [0.717, 1.165) is 4.57 Å². The third-order valence-electron chi connectivity index (χ3n) is 1.44. The Morgan fingerprint density at radius 2 is 2.08 bits per heavy atom. The van der Waals surface area contributed by atoms with E-state index in [1.807, 2.05) is 0 Å². The van der Waals surface area contributed by atoms with Crippen molar-refractivity contribution in [1.82, 2.24) is 4.57 Å². The Kier molecular flexibility index (Phi) is 2.42. The molecule has 1 aromatic heterocycles. The summed E-state index contributed by atoms with van der Waals surface area (Å²) >= 11 is 0. The molecule has 0 saturated heterocycles. The molecule has 0 aromatic carbocycles. The molecule has 0 bridgehead atoms. The van der Waals surface area contributed by atoms with E-state index in [0.29, 0.717) is 0 Å². The van der Waals surface area contributed by atoms with E-state index >= 15 is 0 Å². The molecule has 0 aliphatic rings. The molecule has 0 saturated carbocycles. The van der Waals surface area contributed by atoms with Gasteiger partial charge in [0.2, 0.25) is 0 Å². The molecule has 68 valence electrons. The van der Waals surface area contributed by atoms with Crippen LogP contribution in [0.4, 0.5) is 13.2 Å². The van der Waals surface area contributed by atoms with Gasteiger partial charge in [-0.25, -0.2) is 0 Å². The quantitative estimate of drug-likeness (QED) is 0.731. The molecule has 5 heteroatoms. The zero-order valence-corrected chi connectivity index (χ0v) is 6.17. The van der Waals surface area contributed by atoms with Gasteiger partial charge < -0.3 is 9.67 Å². The molecule has 0 unspecified atom stereocenters. The Morgan fingerprint density at radius 3 is 2.58 bits per heavy atom. The summed E-state index contributed by atoms with van der Waals surface area (Å²) in [4.78, 5) is 0. The number of rotatable bonds is 2. The number of aliphatic hydroxyl groups is 1. The fourth-order valence-corrected chi connectivity index (χ4v) is 0.940. The Labute approximate surface area is 67.2 Å². The summed E-state index contributed by atoms with van der Waals surface area (Å²) in [5, 5.41) is 8.62. The van der Waals surface area contributed by atoms with Gasteiger partial charge >= 0.3 is 6.18 Å². The van der Waals surface area contributed by atoms with E-state index in [9.17, 15) is 13.2 Å². The van der Waals surface area contributed by atoms with Crippen molar-refractivity contribution in [2.75, 3.05) is 0 Å². The highest BCUT2D eigenvalue weighted by Crippen LogP contribution is 2.18. The minimum absolute atomic E-state index is 0.271. The largest absolute Gasteiger partial charge is 0.406 e. The van der Waals surface area contributed by atoms with Gasteiger partial charge in [-0.1, -0.05) is 0 Å². The molecule has 1 rings (SSSR count). The Morgan fingerprint density at radius 1 is 1.42 bits per heavy atom. The van der Waals surface area contributed by atoms with Gasteiger partial charge in [0.1, 0.15) is 6.54 Å². The number of nitrogens with zero attached hydrogens (tertiary/aromatic N) is 1. The first kappa shape index (κ1) is 9.12. The van der Waals surface area contributed by atoms with Gasteiger partial charge in [-0.2, -0.15) is 13.2 Å². The van der Waals surface area contributed by atoms with Crippen molar-refractivity contribution in [3.05, 3.63) is 24.0 Å². The maximum Gasteiger partial charge on any atom is 0.406 e. The maximum atomic E-state index is 11.8. The molecule has 1 heterocycles. The van der Waals surface area contributed by atoms with Crippen LogP contribution in [0.5, 0.6) is 0 Å². The van der Waals surface area contributed by atoms with Crippen molar-refractivity contribution < 1.29 is 18.3 Å². The molecular weight excluding hydrogens is 171 g/mol. The first-order valence-electron chi connectivity index (χ1n) is 3.34. The third-order valence-corrected chi connectivity index (χ3v) is 1.44. The lowest BCUT2D eigenvalue weighted by Crippen LogP contribution is -2.18. The number of hydrogen-bond donors (Lipinski definition) is 1. The van der Waals surface area contributed by atoms with Crippen molar-refractivity contribution in [3.63, 3.8) is 0 Å². The summed E-state index contributed by atoms with van der Waals surface area (Å²) in [6.07, 6.45) is -2.94. The molecule has 0 radical (unpaired) electrons. The number of aliphatic hydroxyl groups excluding tert-OH is 1. The first-order valence-corrected chi connectivity index (χ1v) is 3.34. The van der Waals surface area contributed by atoms with Crippen molar-refractivity contribution in [1.29, 1.82) is 0 Å². The molecule has 0 spiro atoms. The number of halogens is 3. The highest BCUT2D eigenvalue weighted by Gasteiger charge is 2.28. The monoisotopic (exact) mass is 179 g/mol. The summed E-state index contributed by atoms with van der Waals surface area (Å²) < 4.78 is 36.5. The Hall–Kier alpha value is -0.970.